The van der Waals surface area contributed by atoms with E-state index in [1.54, 1.807) is 18.3 Å². The number of ether oxygens (including phenoxy) is 1. The van der Waals surface area contributed by atoms with Gasteiger partial charge in [-0.05, 0) is 26.0 Å². The number of aromatic nitrogens is 6. The summed E-state index contributed by atoms with van der Waals surface area (Å²) in [5.41, 5.74) is 1.03. The third-order valence-electron chi connectivity index (χ3n) is 3.71. The molecule has 4 aromatic rings. The van der Waals surface area contributed by atoms with Crippen LogP contribution in [0.3, 0.4) is 0 Å². The fourth-order valence-electron chi connectivity index (χ4n) is 2.43. The number of thiazole rings is 1. The van der Waals surface area contributed by atoms with E-state index in [1.807, 2.05) is 25.1 Å². The molecule has 2 N–H and O–H groups in total. The van der Waals surface area contributed by atoms with Gasteiger partial charge in [0, 0.05) is 6.07 Å². The quantitative estimate of drug-likeness (QED) is 0.516. The highest BCUT2D eigenvalue weighted by Gasteiger charge is 2.18. The molecular weight excluding hydrogens is 370 g/mol. The maximum Gasteiger partial charge on any atom is 0.273 e. The summed E-state index contributed by atoms with van der Waals surface area (Å²) in [7, 11) is 0. The number of amides is 1. The van der Waals surface area contributed by atoms with Crippen molar-refractivity contribution >= 4 is 27.5 Å². The summed E-state index contributed by atoms with van der Waals surface area (Å²) in [4.78, 5) is 20.8. The lowest BCUT2D eigenvalue weighted by atomic mass is 10.3. The highest BCUT2D eigenvalue weighted by Crippen LogP contribution is 2.26. The normalized spacial score (nSPS) is 12.2. The topological polar surface area (TPSA) is 132 Å². The van der Waals surface area contributed by atoms with E-state index in [0.29, 0.717) is 17.5 Å². The van der Waals surface area contributed by atoms with E-state index >= 15 is 0 Å². The van der Waals surface area contributed by atoms with Crippen LogP contribution in [0.4, 0.5) is 0 Å². The van der Waals surface area contributed by atoms with Crippen LogP contribution in [0.25, 0.3) is 10.2 Å². The minimum absolute atomic E-state index is 0.0995. The predicted molar refractivity (Wildman–Crippen MR) is 95.3 cm³/mol. The molecule has 0 unspecified atom stereocenters. The molecule has 3 heterocycles. The summed E-state index contributed by atoms with van der Waals surface area (Å²) in [6, 6.07) is 5.27. The van der Waals surface area contributed by atoms with Gasteiger partial charge in [-0.3, -0.25) is 4.79 Å². The SMILES string of the molecule is Cc1nc2cc(OCc3nc(C(=O)N[C@@H](C)c4nn[nH]n4)co3)ccc2s1. The highest BCUT2D eigenvalue weighted by atomic mass is 32.1. The number of hydrogen-bond acceptors (Lipinski definition) is 9. The second-order valence-corrected chi connectivity index (χ2v) is 6.98. The zero-order valence-corrected chi connectivity index (χ0v) is 15.3. The molecule has 1 aromatic carbocycles. The largest absolute Gasteiger partial charge is 0.484 e. The summed E-state index contributed by atoms with van der Waals surface area (Å²) in [5.74, 6) is 0.925. The van der Waals surface area contributed by atoms with Crippen molar-refractivity contribution in [3.8, 4) is 5.75 Å². The number of benzene rings is 1. The lowest BCUT2D eigenvalue weighted by Gasteiger charge is -2.07. The summed E-state index contributed by atoms with van der Waals surface area (Å²) < 4.78 is 12.1. The molecule has 0 bridgehead atoms. The standard InChI is InChI=1S/C16H15N7O3S/c1-8(15-20-22-23-21-15)17-16(24)12-6-26-14(19-12)7-25-10-3-4-13-11(5-10)18-9(2)27-13/h3-6,8H,7H2,1-2H3,(H,17,24)(H,20,21,22,23)/t8-/m0/s1. The van der Waals surface area contributed by atoms with Crippen LogP contribution in [-0.2, 0) is 6.61 Å². The summed E-state index contributed by atoms with van der Waals surface area (Å²) in [5, 5.41) is 17.2. The van der Waals surface area contributed by atoms with Gasteiger partial charge in [0.05, 0.1) is 21.3 Å². The molecule has 4 rings (SSSR count). The number of carbonyl (C=O) groups excluding carboxylic acids is 1. The van der Waals surface area contributed by atoms with Gasteiger partial charge in [0.2, 0.25) is 5.89 Å². The number of rotatable bonds is 6. The number of tetrazole rings is 1. The van der Waals surface area contributed by atoms with Crippen LogP contribution in [-0.4, -0.2) is 36.5 Å². The van der Waals surface area contributed by atoms with Crippen LogP contribution in [0.1, 0.15) is 40.2 Å². The van der Waals surface area contributed by atoms with Crippen LogP contribution in [0.2, 0.25) is 0 Å². The van der Waals surface area contributed by atoms with Gasteiger partial charge in [-0.1, -0.05) is 5.21 Å². The molecule has 0 saturated carbocycles. The summed E-state index contributed by atoms with van der Waals surface area (Å²) >= 11 is 1.63. The van der Waals surface area contributed by atoms with Gasteiger partial charge in [0.25, 0.3) is 5.91 Å². The van der Waals surface area contributed by atoms with Crippen molar-refractivity contribution in [3.05, 3.63) is 46.9 Å². The van der Waals surface area contributed by atoms with Crippen molar-refractivity contribution < 1.29 is 13.9 Å². The molecule has 0 spiro atoms. The minimum atomic E-state index is -0.416. The Morgan fingerprint density at radius 2 is 2.30 bits per heavy atom. The first-order chi connectivity index (χ1) is 13.1. The fraction of sp³-hybridized carbons (Fsp3) is 0.250. The summed E-state index contributed by atoms with van der Waals surface area (Å²) in [6.45, 7) is 3.80. The number of H-pyrrole nitrogens is 1. The molecule has 1 amide bonds. The predicted octanol–water partition coefficient (Wildman–Crippen LogP) is 2.18. The molecule has 0 aliphatic heterocycles. The molecule has 0 saturated heterocycles. The number of nitrogens with one attached hydrogen (secondary N) is 2. The Labute approximate surface area is 157 Å². The first kappa shape index (κ1) is 17.1. The first-order valence-corrected chi connectivity index (χ1v) is 8.89. The third kappa shape index (κ3) is 3.77. The first-order valence-electron chi connectivity index (χ1n) is 8.07. The maximum absolute atomic E-state index is 12.2. The van der Waals surface area contributed by atoms with Crippen LogP contribution >= 0.6 is 11.3 Å². The number of aromatic amines is 1. The second kappa shape index (κ2) is 7.11. The number of nitrogens with zero attached hydrogens (tertiary/aromatic N) is 5. The van der Waals surface area contributed by atoms with Gasteiger partial charge >= 0.3 is 0 Å². The summed E-state index contributed by atoms with van der Waals surface area (Å²) in [6.07, 6.45) is 1.28. The van der Waals surface area contributed by atoms with Crippen LogP contribution in [0.5, 0.6) is 5.75 Å². The Balaban J connectivity index is 1.37. The zero-order chi connectivity index (χ0) is 18.8. The minimum Gasteiger partial charge on any atom is -0.484 e. The lowest BCUT2D eigenvalue weighted by molar-refractivity contribution is 0.0933. The van der Waals surface area contributed by atoms with Gasteiger partial charge < -0.3 is 14.5 Å². The second-order valence-electron chi connectivity index (χ2n) is 5.74. The van der Waals surface area contributed by atoms with Gasteiger partial charge in [-0.25, -0.2) is 9.97 Å². The Morgan fingerprint density at radius 3 is 3.11 bits per heavy atom. The van der Waals surface area contributed by atoms with Crippen LogP contribution in [0.15, 0.2) is 28.9 Å². The molecule has 11 heteroatoms. The van der Waals surface area contributed by atoms with Crippen molar-refractivity contribution in [3.63, 3.8) is 0 Å². The molecule has 1 atom stereocenters. The zero-order valence-electron chi connectivity index (χ0n) is 14.5. The van der Waals surface area contributed by atoms with Crippen molar-refractivity contribution in [1.82, 2.24) is 35.9 Å². The number of fused-ring (bicyclic) bond motifs is 1. The monoisotopic (exact) mass is 385 g/mol. The fourth-order valence-corrected chi connectivity index (χ4v) is 3.23. The van der Waals surface area contributed by atoms with Crippen LogP contribution in [0, 0.1) is 6.92 Å². The van der Waals surface area contributed by atoms with E-state index in [4.69, 9.17) is 9.15 Å². The maximum atomic E-state index is 12.2. The van der Waals surface area contributed by atoms with Crippen molar-refractivity contribution in [2.45, 2.75) is 26.5 Å². The Bertz CT molecular complexity index is 1070. The Morgan fingerprint density at radius 1 is 1.41 bits per heavy atom. The van der Waals surface area contributed by atoms with Gasteiger partial charge in [-0.2, -0.15) is 5.21 Å². The number of carbonyl (C=O) groups is 1. The molecule has 0 radical (unpaired) electrons. The van der Waals surface area contributed by atoms with E-state index in [9.17, 15) is 4.79 Å². The van der Waals surface area contributed by atoms with Crippen molar-refractivity contribution in [2.24, 2.45) is 0 Å². The molecule has 10 nitrogen and oxygen atoms in total. The smallest absolute Gasteiger partial charge is 0.273 e. The average Bonchev–Trinajstić information content (AvgIpc) is 3.39. The lowest BCUT2D eigenvalue weighted by Crippen LogP contribution is -2.27. The number of hydrogen-bond donors (Lipinski definition) is 2. The van der Waals surface area contributed by atoms with Crippen molar-refractivity contribution in [1.29, 1.82) is 0 Å². The van der Waals surface area contributed by atoms with Crippen molar-refractivity contribution in [2.75, 3.05) is 0 Å². The molecule has 27 heavy (non-hydrogen) atoms. The average molecular weight is 385 g/mol. The van der Waals surface area contributed by atoms with E-state index in [-0.39, 0.29) is 12.3 Å². The molecule has 3 aromatic heterocycles. The molecular formula is C16H15N7O3S. The van der Waals surface area contributed by atoms with Gasteiger partial charge in [0.15, 0.2) is 18.1 Å². The molecule has 0 aliphatic carbocycles. The van der Waals surface area contributed by atoms with Gasteiger partial charge in [-0.15, -0.1) is 21.5 Å². The Hall–Kier alpha value is -3.34. The van der Waals surface area contributed by atoms with Crippen LogP contribution < -0.4 is 10.1 Å². The molecule has 0 fully saturated rings. The van der Waals surface area contributed by atoms with E-state index in [1.165, 1.54) is 6.26 Å². The third-order valence-corrected chi connectivity index (χ3v) is 4.66. The number of aryl methyl sites for hydroxylation is 1. The van der Waals surface area contributed by atoms with E-state index in [0.717, 1.165) is 15.2 Å². The van der Waals surface area contributed by atoms with E-state index in [2.05, 4.69) is 35.9 Å². The Kier molecular flexibility index (Phi) is 4.50. The van der Waals surface area contributed by atoms with Gasteiger partial charge in [0.1, 0.15) is 12.0 Å². The highest BCUT2D eigenvalue weighted by molar-refractivity contribution is 7.18. The molecule has 0 aliphatic rings. The number of oxazole rings is 1. The van der Waals surface area contributed by atoms with E-state index < -0.39 is 11.9 Å². The molecule has 138 valence electrons.